The number of fused-ring (bicyclic) bond motifs is 1. The molecule has 0 aromatic heterocycles. The number of nitrogens with zero attached hydrogens (tertiary/aromatic N) is 3. The number of unbranched alkanes of at least 4 members (excludes halogenated alkanes) is 2. The number of hydrogen-bond acceptors (Lipinski definition) is 4. The Balaban J connectivity index is 1.09. The molecule has 0 radical (unpaired) electrons. The number of allylic oxidation sites excluding steroid dienone is 1. The summed E-state index contributed by atoms with van der Waals surface area (Å²) < 4.78 is 0. The van der Waals surface area contributed by atoms with Crippen LogP contribution in [0.1, 0.15) is 79.7 Å². The number of rotatable bonds is 9. The van der Waals surface area contributed by atoms with E-state index in [4.69, 9.17) is 11.6 Å². The van der Waals surface area contributed by atoms with E-state index in [0.717, 1.165) is 92.4 Å². The van der Waals surface area contributed by atoms with Crippen molar-refractivity contribution in [3.05, 3.63) is 100 Å². The normalized spacial score (nSPS) is 20.8. The molecule has 1 N–H and O–H groups in total. The third-order valence-corrected chi connectivity index (χ3v) is 9.71. The molecule has 3 heterocycles. The van der Waals surface area contributed by atoms with Crippen molar-refractivity contribution in [2.45, 2.75) is 82.7 Å². The summed E-state index contributed by atoms with van der Waals surface area (Å²) in [5.41, 5.74) is 9.20. The van der Waals surface area contributed by atoms with Gasteiger partial charge in [0.2, 0.25) is 0 Å². The molecular formula is C35H43ClN4. The highest BCUT2D eigenvalue weighted by atomic mass is 35.5. The maximum Gasteiger partial charge on any atom is 0.0861 e. The van der Waals surface area contributed by atoms with Gasteiger partial charge < -0.3 is 15.1 Å². The summed E-state index contributed by atoms with van der Waals surface area (Å²) >= 11 is 6.64. The average molecular weight is 555 g/mol. The molecule has 0 bridgehead atoms. The number of nitriles is 1. The quantitative estimate of drug-likeness (QED) is 0.322. The third kappa shape index (κ3) is 5.73. The fraction of sp³-hybridized carbons (Fsp3) is 0.457. The SMILES string of the molecule is C=C1CCC(N2Cc3c(CCCCCN4CCC(C#N)(c5ccc(CC)cc5Cl)CC4)cccc3C2=C)C(=C)N1. The van der Waals surface area contributed by atoms with Crippen LogP contribution >= 0.6 is 11.6 Å². The minimum Gasteiger partial charge on any atom is -0.362 e. The van der Waals surface area contributed by atoms with Crippen LogP contribution in [-0.4, -0.2) is 35.5 Å². The third-order valence-electron chi connectivity index (χ3n) is 9.40. The summed E-state index contributed by atoms with van der Waals surface area (Å²) in [6.45, 7) is 18.9. The van der Waals surface area contributed by atoms with E-state index in [-0.39, 0.29) is 6.04 Å². The predicted molar refractivity (Wildman–Crippen MR) is 167 cm³/mol. The van der Waals surface area contributed by atoms with Crippen molar-refractivity contribution in [2.75, 3.05) is 19.6 Å². The number of likely N-dealkylation sites (tertiary alicyclic amines) is 1. The molecule has 3 aliphatic rings. The van der Waals surface area contributed by atoms with Crippen LogP contribution in [0.3, 0.4) is 0 Å². The topological polar surface area (TPSA) is 42.3 Å². The van der Waals surface area contributed by atoms with Gasteiger partial charge in [0.1, 0.15) is 0 Å². The molecule has 2 aromatic rings. The standard InChI is InChI=1S/C35H43ClN4/c1-5-28-14-15-32(33(36)22-28)35(24-37)17-20-39(21-18-35)19-8-6-7-10-29-11-9-12-30-27(4)40(23-31(29)30)34-16-13-25(2)38-26(34)3/h9,11-12,14-15,22,34,38H,2-8,10,13,16-21,23H2,1H3. The van der Waals surface area contributed by atoms with Gasteiger partial charge in [-0.1, -0.05) is 75.0 Å². The molecular weight excluding hydrogens is 512 g/mol. The van der Waals surface area contributed by atoms with Gasteiger partial charge in [-0.3, -0.25) is 0 Å². The summed E-state index contributed by atoms with van der Waals surface area (Å²) in [6.07, 6.45) is 9.37. The molecule has 40 heavy (non-hydrogen) atoms. The van der Waals surface area contributed by atoms with Crippen LogP contribution in [-0.2, 0) is 24.8 Å². The fourth-order valence-electron chi connectivity index (χ4n) is 6.84. The Bertz CT molecular complexity index is 1330. The van der Waals surface area contributed by atoms with Crippen molar-refractivity contribution in [3.8, 4) is 6.07 Å². The van der Waals surface area contributed by atoms with E-state index >= 15 is 0 Å². The maximum atomic E-state index is 10.1. The number of aryl methyl sites for hydroxylation is 2. The van der Waals surface area contributed by atoms with Gasteiger partial charge in [-0.15, -0.1) is 0 Å². The minimum atomic E-state index is -0.459. The lowest BCUT2D eigenvalue weighted by atomic mass is 9.73. The van der Waals surface area contributed by atoms with Crippen LogP contribution in [0.15, 0.2) is 67.5 Å². The van der Waals surface area contributed by atoms with Crippen molar-refractivity contribution in [1.82, 2.24) is 15.1 Å². The maximum absolute atomic E-state index is 10.1. The highest BCUT2D eigenvalue weighted by molar-refractivity contribution is 6.31. The van der Waals surface area contributed by atoms with Crippen LogP contribution in [0.25, 0.3) is 5.70 Å². The molecule has 2 saturated heterocycles. The predicted octanol–water partition coefficient (Wildman–Crippen LogP) is 7.74. The molecule has 5 heteroatoms. The van der Waals surface area contributed by atoms with Crippen LogP contribution in [0.5, 0.6) is 0 Å². The summed E-state index contributed by atoms with van der Waals surface area (Å²) in [4.78, 5) is 4.96. The first-order chi connectivity index (χ1) is 19.3. The molecule has 2 aromatic carbocycles. The number of piperidine rings is 2. The number of halogens is 1. The van der Waals surface area contributed by atoms with Gasteiger partial charge in [-0.2, -0.15) is 5.26 Å². The van der Waals surface area contributed by atoms with Crippen LogP contribution < -0.4 is 5.32 Å². The van der Waals surface area contributed by atoms with E-state index in [0.29, 0.717) is 0 Å². The monoisotopic (exact) mass is 554 g/mol. The zero-order valence-corrected chi connectivity index (χ0v) is 24.8. The molecule has 1 unspecified atom stereocenters. The van der Waals surface area contributed by atoms with E-state index in [9.17, 15) is 5.26 Å². The number of nitrogens with one attached hydrogen (secondary N) is 1. The number of benzene rings is 2. The molecule has 0 aliphatic carbocycles. The highest BCUT2D eigenvalue weighted by Crippen LogP contribution is 2.40. The zero-order valence-electron chi connectivity index (χ0n) is 24.1. The second-order valence-electron chi connectivity index (χ2n) is 11.8. The van der Waals surface area contributed by atoms with Gasteiger partial charge in [-0.05, 0) is 99.3 Å². The van der Waals surface area contributed by atoms with Crippen molar-refractivity contribution < 1.29 is 0 Å². The van der Waals surface area contributed by atoms with Crippen LogP contribution in [0.2, 0.25) is 5.02 Å². The molecule has 0 saturated carbocycles. The van der Waals surface area contributed by atoms with Gasteiger partial charge in [0.05, 0.1) is 17.5 Å². The Hall–Kier alpha value is -3.00. The second-order valence-corrected chi connectivity index (χ2v) is 12.2. The first-order valence-electron chi connectivity index (χ1n) is 15.0. The second kappa shape index (κ2) is 12.2. The Kier molecular flexibility index (Phi) is 8.74. The Labute approximate surface area is 246 Å². The van der Waals surface area contributed by atoms with Gasteiger partial charge in [-0.25, -0.2) is 0 Å². The zero-order chi connectivity index (χ0) is 28.3. The lowest BCUT2D eigenvalue weighted by molar-refractivity contribution is 0.183. The molecule has 2 fully saturated rings. The van der Waals surface area contributed by atoms with E-state index in [1.54, 1.807) is 0 Å². The summed E-state index contributed by atoms with van der Waals surface area (Å²) in [7, 11) is 0. The van der Waals surface area contributed by atoms with Gasteiger partial charge >= 0.3 is 0 Å². The lowest BCUT2D eigenvalue weighted by Gasteiger charge is -2.38. The van der Waals surface area contributed by atoms with E-state index in [1.807, 2.05) is 6.07 Å². The van der Waals surface area contributed by atoms with E-state index < -0.39 is 5.41 Å². The molecule has 210 valence electrons. The van der Waals surface area contributed by atoms with Crippen molar-refractivity contribution in [2.24, 2.45) is 0 Å². The largest absolute Gasteiger partial charge is 0.362 e. The molecule has 4 nitrogen and oxygen atoms in total. The summed E-state index contributed by atoms with van der Waals surface area (Å²) in [6, 6.07) is 15.9. The molecule has 1 atom stereocenters. The van der Waals surface area contributed by atoms with Crippen molar-refractivity contribution in [1.29, 1.82) is 5.26 Å². The van der Waals surface area contributed by atoms with Gasteiger partial charge in [0, 0.05) is 34.2 Å². The van der Waals surface area contributed by atoms with E-state index in [2.05, 4.69) is 78.2 Å². The highest BCUT2D eigenvalue weighted by Gasteiger charge is 2.38. The van der Waals surface area contributed by atoms with Crippen molar-refractivity contribution in [3.63, 3.8) is 0 Å². The van der Waals surface area contributed by atoms with Crippen LogP contribution in [0.4, 0.5) is 0 Å². The van der Waals surface area contributed by atoms with Gasteiger partial charge in [0.25, 0.3) is 0 Å². The molecule has 3 aliphatic heterocycles. The first kappa shape index (κ1) is 28.5. The van der Waals surface area contributed by atoms with Gasteiger partial charge in [0.15, 0.2) is 0 Å². The van der Waals surface area contributed by atoms with E-state index in [1.165, 1.54) is 41.5 Å². The molecule has 0 amide bonds. The fourth-order valence-corrected chi connectivity index (χ4v) is 7.22. The first-order valence-corrected chi connectivity index (χ1v) is 15.4. The molecule has 5 rings (SSSR count). The Morgan fingerprint density at radius 3 is 2.60 bits per heavy atom. The Morgan fingerprint density at radius 1 is 1.10 bits per heavy atom. The lowest BCUT2D eigenvalue weighted by Crippen LogP contribution is -2.42. The average Bonchev–Trinajstić information content (AvgIpc) is 3.30. The summed E-state index contributed by atoms with van der Waals surface area (Å²) in [5, 5.41) is 14.3. The summed E-state index contributed by atoms with van der Waals surface area (Å²) in [5.74, 6) is 0. The van der Waals surface area contributed by atoms with Crippen LogP contribution in [0, 0.1) is 11.3 Å². The smallest absolute Gasteiger partial charge is 0.0861 e. The molecule has 0 spiro atoms. The Morgan fingerprint density at radius 2 is 1.90 bits per heavy atom. The number of hydrogen-bond donors (Lipinski definition) is 1. The van der Waals surface area contributed by atoms with Crippen molar-refractivity contribution >= 4 is 17.3 Å². The minimum absolute atomic E-state index is 0.272.